The Morgan fingerprint density at radius 3 is 3.05 bits per heavy atom. The second-order valence-corrected chi connectivity index (χ2v) is 6.05. The lowest BCUT2D eigenvalue weighted by molar-refractivity contribution is 0.213. The lowest BCUT2D eigenvalue weighted by Gasteiger charge is -2.39. The van der Waals surface area contributed by atoms with Gasteiger partial charge >= 0.3 is 0 Å². The number of hydrogen-bond acceptors (Lipinski definition) is 7. The summed E-state index contributed by atoms with van der Waals surface area (Å²) in [4.78, 5) is 13.7. The number of fused-ring (bicyclic) bond motifs is 1. The van der Waals surface area contributed by atoms with Gasteiger partial charge < -0.3 is 4.90 Å². The number of nitrogens with zero attached hydrogens (tertiary/aromatic N) is 4. The van der Waals surface area contributed by atoms with E-state index in [9.17, 15) is 0 Å². The molecule has 20 heavy (non-hydrogen) atoms. The summed E-state index contributed by atoms with van der Waals surface area (Å²) >= 11 is 1.69. The maximum absolute atomic E-state index is 5.49. The zero-order valence-corrected chi connectivity index (χ0v) is 12.7. The van der Waals surface area contributed by atoms with E-state index in [0.29, 0.717) is 12.0 Å². The SMILES string of the molecule is CCC1CN(c2nc(NN)nc3ccsc23)CCN1C. The summed E-state index contributed by atoms with van der Waals surface area (Å²) in [5.74, 6) is 6.97. The fraction of sp³-hybridized carbons (Fsp3) is 0.538. The standard InChI is InChI=1S/C13H20N6S/c1-3-9-8-19(6-5-18(9)2)12-11-10(4-7-20-11)15-13(16-12)17-14/h4,7,9H,3,5-6,8,14H2,1-2H3,(H,15,16,17). The van der Waals surface area contributed by atoms with Gasteiger partial charge in [0.2, 0.25) is 5.95 Å². The molecule has 3 heterocycles. The van der Waals surface area contributed by atoms with Gasteiger partial charge in [0.1, 0.15) is 0 Å². The number of thiophene rings is 1. The van der Waals surface area contributed by atoms with Crippen LogP contribution in [0.15, 0.2) is 11.4 Å². The molecule has 0 bridgehead atoms. The number of nitrogens with two attached hydrogens (primary N) is 1. The smallest absolute Gasteiger partial charge is 0.239 e. The van der Waals surface area contributed by atoms with Crippen molar-refractivity contribution in [1.29, 1.82) is 0 Å². The fourth-order valence-corrected chi connectivity index (χ4v) is 3.55. The van der Waals surface area contributed by atoms with Gasteiger partial charge in [-0.25, -0.2) is 10.8 Å². The third kappa shape index (κ3) is 2.32. The van der Waals surface area contributed by atoms with Crippen LogP contribution in [-0.4, -0.2) is 47.6 Å². The van der Waals surface area contributed by atoms with Crippen molar-refractivity contribution in [2.24, 2.45) is 5.84 Å². The first kappa shape index (κ1) is 13.5. The predicted molar refractivity (Wildman–Crippen MR) is 84.1 cm³/mol. The average Bonchev–Trinajstić information content (AvgIpc) is 2.95. The summed E-state index contributed by atoms with van der Waals surface area (Å²) in [5.41, 5.74) is 3.53. The summed E-state index contributed by atoms with van der Waals surface area (Å²) in [5, 5.41) is 2.05. The van der Waals surface area contributed by atoms with Crippen LogP contribution in [0.1, 0.15) is 13.3 Å². The Hall–Kier alpha value is -1.44. The molecule has 2 aromatic rings. The van der Waals surface area contributed by atoms with Crippen LogP contribution in [0.5, 0.6) is 0 Å². The van der Waals surface area contributed by atoms with Crippen LogP contribution in [0.2, 0.25) is 0 Å². The average molecular weight is 292 g/mol. The second-order valence-electron chi connectivity index (χ2n) is 5.14. The Labute approximate surface area is 122 Å². The second kappa shape index (κ2) is 5.51. The first-order chi connectivity index (χ1) is 9.72. The summed E-state index contributed by atoms with van der Waals surface area (Å²) in [6.07, 6.45) is 1.15. The summed E-state index contributed by atoms with van der Waals surface area (Å²) in [6, 6.07) is 2.59. The molecule has 7 heteroatoms. The third-order valence-electron chi connectivity index (χ3n) is 3.96. The van der Waals surface area contributed by atoms with Crippen LogP contribution in [0.25, 0.3) is 10.2 Å². The van der Waals surface area contributed by atoms with Crippen LogP contribution < -0.4 is 16.2 Å². The molecule has 0 amide bonds. The zero-order chi connectivity index (χ0) is 14.1. The Bertz CT molecular complexity index is 598. The molecule has 1 aliphatic rings. The first-order valence-corrected chi connectivity index (χ1v) is 7.78. The first-order valence-electron chi connectivity index (χ1n) is 6.90. The molecule has 2 aromatic heterocycles. The predicted octanol–water partition coefficient (Wildman–Crippen LogP) is 1.51. The summed E-state index contributed by atoms with van der Waals surface area (Å²) in [6.45, 7) is 5.28. The highest BCUT2D eigenvalue weighted by atomic mass is 32.1. The largest absolute Gasteiger partial charge is 0.352 e. The Kier molecular flexibility index (Phi) is 3.73. The molecule has 108 valence electrons. The van der Waals surface area contributed by atoms with Crippen LogP contribution in [0.4, 0.5) is 11.8 Å². The third-order valence-corrected chi connectivity index (χ3v) is 4.86. The number of piperazine rings is 1. The summed E-state index contributed by atoms with van der Waals surface area (Å²) in [7, 11) is 2.19. The van der Waals surface area contributed by atoms with Crippen molar-refractivity contribution in [3.8, 4) is 0 Å². The highest BCUT2D eigenvalue weighted by Crippen LogP contribution is 2.31. The van der Waals surface area contributed by atoms with Crippen molar-refractivity contribution in [3.05, 3.63) is 11.4 Å². The van der Waals surface area contributed by atoms with Crippen molar-refractivity contribution in [1.82, 2.24) is 14.9 Å². The number of nitrogens with one attached hydrogen (secondary N) is 1. The van der Waals surface area contributed by atoms with E-state index in [4.69, 9.17) is 5.84 Å². The minimum Gasteiger partial charge on any atom is -0.352 e. The van der Waals surface area contributed by atoms with Gasteiger partial charge in [-0.3, -0.25) is 10.3 Å². The quantitative estimate of drug-likeness (QED) is 0.660. The fourth-order valence-electron chi connectivity index (χ4n) is 2.71. The van der Waals surface area contributed by atoms with Crippen LogP contribution in [0, 0.1) is 0 Å². The number of nitrogen functional groups attached to an aromatic ring is 1. The van der Waals surface area contributed by atoms with Gasteiger partial charge in [0.25, 0.3) is 0 Å². The minimum absolute atomic E-state index is 0.484. The lowest BCUT2D eigenvalue weighted by atomic mass is 10.1. The molecule has 1 unspecified atom stereocenters. The van der Waals surface area contributed by atoms with Gasteiger partial charge in [-0.05, 0) is 24.9 Å². The molecule has 1 fully saturated rings. The minimum atomic E-state index is 0.484. The Morgan fingerprint density at radius 2 is 2.30 bits per heavy atom. The van der Waals surface area contributed by atoms with Crippen molar-refractivity contribution < 1.29 is 0 Å². The van der Waals surface area contributed by atoms with Gasteiger partial charge in [-0.1, -0.05) is 6.92 Å². The van der Waals surface area contributed by atoms with E-state index in [1.807, 2.05) is 6.07 Å². The molecule has 1 aliphatic heterocycles. The molecule has 1 saturated heterocycles. The molecular weight excluding hydrogens is 272 g/mol. The van der Waals surface area contributed by atoms with E-state index in [0.717, 1.165) is 42.1 Å². The van der Waals surface area contributed by atoms with Crippen LogP contribution in [0.3, 0.4) is 0 Å². The van der Waals surface area contributed by atoms with E-state index in [2.05, 4.69) is 44.5 Å². The molecule has 6 nitrogen and oxygen atoms in total. The van der Waals surface area contributed by atoms with Gasteiger partial charge in [0.05, 0.1) is 10.2 Å². The van der Waals surface area contributed by atoms with Crippen molar-refractivity contribution >= 4 is 33.3 Å². The molecule has 0 spiro atoms. The molecule has 0 saturated carbocycles. The Morgan fingerprint density at radius 1 is 1.45 bits per heavy atom. The number of likely N-dealkylation sites (N-methyl/N-ethyl adjacent to an activating group) is 1. The number of hydrazine groups is 1. The monoisotopic (exact) mass is 292 g/mol. The van der Waals surface area contributed by atoms with E-state index in [1.165, 1.54) is 0 Å². The molecule has 3 N–H and O–H groups in total. The van der Waals surface area contributed by atoms with Gasteiger partial charge in [0, 0.05) is 25.7 Å². The molecule has 0 aliphatic carbocycles. The molecule has 3 rings (SSSR count). The zero-order valence-electron chi connectivity index (χ0n) is 11.8. The lowest BCUT2D eigenvalue weighted by Crippen LogP contribution is -2.51. The van der Waals surface area contributed by atoms with E-state index >= 15 is 0 Å². The van der Waals surface area contributed by atoms with E-state index in [-0.39, 0.29) is 0 Å². The van der Waals surface area contributed by atoms with Gasteiger partial charge in [-0.15, -0.1) is 11.3 Å². The number of hydrogen-bond donors (Lipinski definition) is 2. The number of anilines is 2. The van der Waals surface area contributed by atoms with Crippen molar-refractivity contribution in [2.45, 2.75) is 19.4 Å². The van der Waals surface area contributed by atoms with Crippen molar-refractivity contribution in [2.75, 3.05) is 37.0 Å². The van der Waals surface area contributed by atoms with Crippen LogP contribution >= 0.6 is 11.3 Å². The number of rotatable bonds is 3. The normalized spacial score (nSPS) is 20.6. The molecule has 1 atom stereocenters. The molecule has 0 aromatic carbocycles. The molecule has 0 radical (unpaired) electrons. The highest BCUT2D eigenvalue weighted by molar-refractivity contribution is 7.17. The Balaban J connectivity index is 1.98. The van der Waals surface area contributed by atoms with Gasteiger partial charge in [-0.2, -0.15) is 4.98 Å². The van der Waals surface area contributed by atoms with E-state index < -0.39 is 0 Å². The van der Waals surface area contributed by atoms with Gasteiger partial charge in [0.15, 0.2) is 5.82 Å². The highest BCUT2D eigenvalue weighted by Gasteiger charge is 2.25. The van der Waals surface area contributed by atoms with Crippen LogP contribution in [-0.2, 0) is 0 Å². The van der Waals surface area contributed by atoms with Crippen molar-refractivity contribution in [3.63, 3.8) is 0 Å². The molecular formula is C13H20N6S. The number of aromatic nitrogens is 2. The maximum Gasteiger partial charge on any atom is 0.239 e. The summed E-state index contributed by atoms with van der Waals surface area (Å²) < 4.78 is 1.14. The maximum atomic E-state index is 5.49. The van der Waals surface area contributed by atoms with E-state index in [1.54, 1.807) is 11.3 Å². The topological polar surface area (TPSA) is 70.3 Å².